The van der Waals surface area contributed by atoms with Crippen molar-refractivity contribution in [2.24, 2.45) is 5.73 Å². The van der Waals surface area contributed by atoms with Gasteiger partial charge < -0.3 is 26.0 Å². The van der Waals surface area contributed by atoms with E-state index in [9.17, 15) is 27.2 Å². The first kappa shape index (κ1) is 24.4. The molecule has 2 aromatic rings. The number of rotatable bonds is 7. The predicted molar refractivity (Wildman–Crippen MR) is 111 cm³/mol. The molecule has 178 valence electrons. The zero-order valence-corrected chi connectivity index (χ0v) is 17.8. The van der Waals surface area contributed by atoms with Gasteiger partial charge in [-0.1, -0.05) is 12.1 Å². The van der Waals surface area contributed by atoms with Crippen molar-refractivity contribution in [3.63, 3.8) is 0 Å². The number of aromatic nitrogens is 1. The summed E-state index contributed by atoms with van der Waals surface area (Å²) >= 11 is 0. The van der Waals surface area contributed by atoms with E-state index in [2.05, 4.69) is 10.3 Å². The summed E-state index contributed by atoms with van der Waals surface area (Å²) in [5.41, 5.74) is 7.11. The maximum absolute atomic E-state index is 13.5. The zero-order chi connectivity index (χ0) is 24.3. The molecule has 33 heavy (non-hydrogen) atoms. The Morgan fingerprint density at radius 1 is 1.33 bits per heavy atom. The molecule has 12 heteroatoms. The number of urea groups is 1. The zero-order valence-electron chi connectivity index (χ0n) is 17.8. The Bertz CT molecular complexity index is 1030. The number of nitrogens with two attached hydrogens (primary N) is 1. The molecule has 1 aromatic heterocycles. The number of pyridine rings is 1. The van der Waals surface area contributed by atoms with Gasteiger partial charge in [-0.3, -0.25) is 4.79 Å². The van der Waals surface area contributed by atoms with E-state index in [0.717, 1.165) is 4.90 Å². The number of aryl methyl sites for hydroxylation is 1. The quantitative estimate of drug-likeness (QED) is 0.541. The van der Waals surface area contributed by atoms with E-state index in [0.29, 0.717) is 16.7 Å². The van der Waals surface area contributed by atoms with Gasteiger partial charge in [-0.25, -0.2) is 14.2 Å². The fourth-order valence-corrected chi connectivity index (χ4v) is 3.47. The maximum Gasteiger partial charge on any atom is 0.410 e. The van der Waals surface area contributed by atoms with Gasteiger partial charge in [0.1, 0.15) is 23.7 Å². The van der Waals surface area contributed by atoms with Gasteiger partial charge in [0.2, 0.25) is 5.91 Å². The summed E-state index contributed by atoms with van der Waals surface area (Å²) in [7, 11) is 1.36. The Balaban J connectivity index is 1.78. The van der Waals surface area contributed by atoms with Crippen LogP contribution in [0.1, 0.15) is 28.8 Å². The van der Waals surface area contributed by atoms with Crippen LogP contribution in [0.25, 0.3) is 0 Å². The molecule has 0 unspecified atom stereocenters. The van der Waals surface area contributed by atoms with Gasteiger partial charge in [-0.15, -0.1) is 0 Å². The number of halogens is 4. The summed E-state index contributed by atoms with van der Waals surface area (Å²) in [5.74, 6) is -0.964. The molecule has 1 saturated heterocycles. The van der Waals surface area contributed by atoms with Crippen LogP contribution in [0.15, 0.2) is 36.5 Å². The molecule has 3 rings (SSSR count). The molecule has 4 N–H and O–H groups in total. The first-order chi connectivity index (χ1) is 15.5. The van der Waals surface area contributed by atoms with E-state index in [1.54, 1.807) is 6.92 Å². The molecule has 1 aliphatic heterocycles. The van der Waals surface area contributed by atoms with Gasteiger partial charge in [0, 0.05) is 13.3 Å². The smallest absolute Gasteiger partial charge is 0.382 e. The van der Waals surface area contributed by atoms with E-state index in [1.165, 1.54) is 43.6 Å². The van der Waals surface area contributed by atoms with Crippen molar-refractivity contribution < 1.29 is 31.9 Å². The van der Waals surface area contributed by atoms with Crippen molar-refractivity contribution in [3.8, 4) is 0 Å². The van der Waals surface area contributed by atoms with E-state index < -0.39 is 48.6 Å². The molecule has 3 amide bonds. The number of alkyl halides is 3. The van der Waals surface area contributed by atoms with Crippen LogP contribution in [-0.2, 0) is 9.53 Å². The van der Waals surface area contributed by atoms with Crippen molar-refractivity contribution >= 4 is 17.8 Å². The maximum atomic E-state index is 13.5. The van der Waals surface area contributed by atoms with Gasteiger partial charge in [-0.05, 0) is 41.8 Å². The van der Waals surface area contributed by atoms with E-state index >= 15 is 0 Å². The second-order valence-electron chi connectivity index (χ2n) is 7.62. The number of ether oxygens (including phenoxy) is 1. The molecule has 3 atom stereocenters. The number of amides is 3. The molecular weight excluding hydrogens is 446 g/mol. The third-order valence-electron chi connectivity index (χ3n) is 5.28. The summed E-state index contributed by atoms with van der Waals surface area (Å²) in [5, 5.41) is 4.46. The standard InChI is InChI=1S/C21H23F4N5O3/c1-11-7-13(3-4-14(11)22)18(26)19(31)29-17-8-12(5-6-27-17)15(10-33-2)30-9-16(21(23,24)25)28-20(30)32/h3-8,15-16,18H,9-10,26H2,1-2H3,(H,28,32)(H,27,29,31)/t15-,16+,18+/m1/s1. The molecule has 0 radical (unpaired) electrons. The van der Waals surface area contributed by atoms with Crippen LogP contribution in [0.3, 0.4) is 0 Å². The number of nitrogens with one attached hydrogen (secondary N) is 2. The topological polar surface area (TPSA) is 110 Å². The highest BCUT2D eigenvalue weighted by Gasteiger charge is 2.48. The lowest BCUT2D eigenvalue weighted by Crippen LogP contribution is -2.40. The lowest BCUT2D eigenvalue weighted by atomic mass is 10.0. The lowest BCUT2D eigenvalue weighted by Gasteiger charge is -2.27. The molecule has 0 saturated carbocycles. The number of carbonyl (C=O) groups excluding carboxylic acids is 2. The minimum atomic E-state index is -4.59. The van der Waals surface area contributed by atoms with Crippen molar-refractivity contribution in [3.05, 3.63) is 59.0 Å². The van der Waals surface area contributed by atoms with Gasteiger partial charge in [0.15, 0.2) is 0 Å². The van der Waals surface area contributed by atoms with E-state index in [1.807, 2.05) is 5.32 Å². The average molecular weight is 469 g/mol. The highest BCUT2D eigenvalue weighted by atomic mass is 19.4. The number of hydrogen-bond donors (Lipinski definition) is 3. The van der Waals surface area contributed by atoms with E-state index in [-0.39, 0.29) is 12.4 Å². The van der Waals surface area contributed by atoms with Crippen LogP contribution in [0.5, 0.6) is 0 Å². The van der Waals surface area contributed by atoms with Crippen LogP contribution >= 0.6 is 0 Å². The van der Waals surface area contributed by atoms with Crippen LogP contribution in [0.2, 0.25) is 0 Å². The number of nitrogens with zero attached hydrogens (tertiary/aromatic N) is 2. The Hall–Kier alpha value is -3.25. The SMILES string of the molecule is COC[C@H](c1ccnc(NC(=O)[C@@H](N)c2ccc(F)c(C)c2)c1)N1C[C@@H](C(F)(F)F)NC1=O. The number of methoxy groups -OCH3 is 1. The second-order valence-corrected chi connectivity index (χ2v) is 7.62. The summed E-state index contributed by atoms with van der Waals surface area (Å²) in [6, 6.07) is 2.17. The summed E-state index contributed by atoms with van der Waals surface area (Å²) in [4.78, 5) is 29.9. The molecule has 8 nitrogen and oxygen atoms in total. The summed E-state index contributed by atoms with van der Waals surface area (Å²) < 4.78 is 57.8. The monoisotopic (exact) mass is 469 g/mol. The van der Waals surface area contributed by atoms with Crippen LogP contribution in [-0.4, -0.2) is 54.3 Å². The normalized spacial score (nSPS) is 18.1. The fraction of sp³-hybridized carbons (Fsp3) is 0.381. The van der Waals surface area contributed by atoms with Crippen LogP contribution in [0.4, 0.5) is 28.2 Å². The minimum absolute atomic E-state index is 0.0796. The van der Waals surface area contributed by atoms with Crippen molar-refractivity contribution in [2.45, 2.75) is 31.2 Å². The Morgan fingerprint density at radius 2 is 2.06 bits per heavy atom. The molecule has 1 fully saturated rings. The summed E-state index contributed by atoms with van der Waals surface area (Å²) in [6.45, 7) is 0.876. The third-order valence-corrected chi connectivity index (χ3v) is 5.28. The van der Waals surface area contributed by atoms with E-state index in [4.69, 9.17) is 10.5 Å². The Labute approximate surface area is 187 Å². The molecule has 2 heterocycles. The average Bonchev–Trinajstić information content (AvgIpc) is 3.15. The molecular formula is C21H23F4N5O3. The van der Waals surface area contributed by atoms with Gasteiger partial charge >= 0.3 is 12.2 Å². The first-order valence-electron chi connectivity index (χ1n) is 9.92. The molecule has 1 aromatic carbocycles. The van der Waals surface area contributed by atoms with Crippen molar-refractivity contribution in [1.82, 2.24) is 15.2 Å². The summed E-state index contributed by atoms with van der Waals surface area (Å²) in [6.07, 6.45) is -3.25. The van der Waals surface area contributed by atoms with Crippen molar-refractivity contribution in [2.75, 3.05) is 25.6 Å². The second kappa shape index (κ2) is 9.71. The Morgan fingerprint density at radius 3 is 2.67 bits per heavy atom. The first-order valence-corrected chi connectivity index (χ1v) is 9.92. The molecule has 0 spiro atoms. The highest BCUT2D eigenvalue weighted by Crippen LogP contribution is 2.30. The van der Waals surface area contributed by atoms with Crippen LogP contribution in [0, 0.1) is 12.7 Å². The number of benzene rings is 1. The van der Waals surface area contributed by atoms with Crippen LogP contribution < -0.4 is 16.4 Å². The third kappa shape index (κ3) is 5.57. The number of hydrogen-bond acceptors (Lipinski definition) is 5. The molecule has 1 aliphatic rings. The van der Waals surface area contributed by atoms with Gasteiger partial charge in [0.25, 0.3) is 0 Å². The van der Waals surface area contributed by atoms with Gasteiger partial charge in [-0.2, -0.15) is 13.2 Å². The number of anilines is 1. The highest BCUT2D eigenvalue weighted by molar-refractivity contribution is 5.94. The predicted octanol–water partition coefficient (Wildman–Crippen LogP) is 2.81. The number of carbonyl (C=O) groups is 2. The van der Waals surface area contributed by atoms with Gasteiger partial charge in [0.05, 0.1) is 19.2 Å². The van der Waals surface area contributed by atoms with Crippen molar-refractivity contribution in [1.29, 1.82) is 0 Å². The largest absolute Gasteiger partial charge is 0.410 e. The fourth-order valence-electron chi connectivity index (χ4n) is 3.47. The lowest BCUT2D eigenvalue weighted by molar-refractivity contribution is -0.150. The molecule has 0 aliphatic carbocycles. The minimum Gasteiger partial charge on any atom is -0.382 e. The molecule has 0 bridgehead atoms. The Kier molecular flexibility index (Phi) is 7.18.